The third-order valence-electron chi connectivity index (χ3n) is 4.50. The summed E-state index contributed by atoms with van der Waals surface area (Å²) in [5.74, 6) is -0.0111. The van der Waals surface area contributed by atoms with Crippen LogP contribution in [0.25, 0.3) is 10.2 Å². The largest absolute Gasteiger partial charge is 0.481 e. The average molecular weight is 273 g/mol. The Morgan fingerprint density at radius 1 is 1.37 bits per heavy atom. The number of aromatic nitrogens is 1. The second kappa shape index (κ2) is 3.79. The second-order valence-electron chi connectivity index (χ2n) is 5.75. The first-order chi connectivity index (χ1) is 9.19. The number of hydrogen-bond donors (Lipinski definition) is 1. The van der Waals surface area contributed by atoms with Crippen molar-refractivity contribution in [3.63, 3.8) is 0 Å². The number of carboxylic acid groups (broad SMARTS) is 1. The van der Waals surface area contributed by atoms with Crippen molar-refractivity contribution in [2.24, 2.45) is 0 Å². The Balaban J connectivity index is 1.80. The Morgan fingerprint density at radius 3 is 2.74 bits per heavy atom. The van der Waals surface area contributed by atoms with Crippen LogP contribution in [0.5, 0.6) is 0 Å². The molecule has 2 aliphatic rings. The van der Waals surface area contributed by atoms with Crippen LogP contribution in [-0.4, -0.2) is 16.1 Å². The molecule has 0 radical (unpaired) electrons. The van der Waals surface area contributed by atoms with E-state index < -0.39 is 11.4 Å². The molecule has 0 unspecified atom stereocenters. The molecule has 2 fully saturated rings. The van der Waals surface area contributed by atoms with Gasteiger partial charge in [-0.2, -0.15) is 0 Å². The van der Waals surface area contributed by atoms with Crippen molar-refractivity contribution >= 4 is 27.5 Å². The maximum atomic E-state index is 11.6. The molecule has 0 atom stereocenters. The molecule has 2 aliphatic carbocycles. The van der Waals surface area contributed by atoms with Crippen LogP contribution in [0.3, 0.4) is 0 Å². The minimum Gasteiger partial charge on any atom is -0.481 e. The van der Waals surface area contributed by atoms with Gasteiger partial charge in [0, 0.05) is 5.92 Å². The lowest BCUT2D eigenvalue weighted by atomic mass is 9.64. The van der Waals surface area contributed by atoms with Gasteiger partial charge in [-0.3, -0.25) is 4.79 Å². The van der Waals surface area contributed by atoms with Crippen LogP contribution in [0.2, 0.25) is 0 Å². The molecular weight excluding hydrogens is 258 g/mol. The first-order valence-electron chi connectivity index (χ1n) is 6.83. The van der Waals surface area contributed by atoms with E-state index in [-0.39, 0.29) is 0 Å². The van der Waals surface area contributed by atoms with E-state index in [0.717, 1.165) is 35.0 Å². The van der Waals surface area contributed by atoms with Crippen molar-refractivity contribution in [3.8, 4) is 0 Å². The van der Waals surface area contributed by atoms with Gasteiger partial charge in [-0.05, 0) is 43.4 Å². The smallest absolute Gasteiger partial charge is 0.314 e. The normalized spacial score (nSPS) is 21.3. The van der Waals surface area contributed by atoms with Crippen molar-refractivity contribution in [1.29, 1.82) is 0 Å². The summed E-state index contributed by atoms with van der Waals surface area (Å²) in [6, 6.07) is 6.02. The number of rotatable bonds is 3. The molecule has 2 saturated carbocycles. The van der Waals surface area contributed by atoms with Gasteiger partial charge in [0.1, 0.15) is 0 Å². The molecule has 1 N–H and O–H groups in total. The van der Waals surface area contributed by atoms with Crippen molar-refractivity contribution in [3.05, 3.63) is 28.8 Å². The Hall–Kier alpha value is -1.42. The summed E-state index contributed by atoms with van der Waals surface area (Å²) < 4.78 is 1.15. The van der Waals surface area contributed by atoms with Crippen LogP contribution in [0.4, 0.5) is 0 Å². The zero-order valence-corrected chi connectivity index (χ0v) is 11.4. The summed E-state index contributed by atoms with van der Waals surface area (Å²) in [5, 5.41) is 10.7. The quantitative estimate of drug-likeness (QED) is 0.928. The number of fused-ring (bicyclic) bond motifs is 1. The molecule has 4 heteroatoms. The van der Waals surface area contributed by atoms with Gasteiger partial charge in [0.05, 0.1) is 20.6 Å². The van der Waals surface area contributed by atoms with Gasteiger partial charge >= 0.3 is 5.97 Å². The number of carbonyl (C=O) groups is 1. The van der Waals surface area contributed by atoms with Crippen LogP contribution in [0, 0.1) is 0 Å². The van der Waals surface area contributed by atoms with Crippen molar-refractivity contribution in [2.75, 3.05) is 0 Å². The van der Waals surface area contributed by atoms with Crippen LogP contribution < -0.4 is 0 Å². The Kier molecular flexibility index (Phi) is 2.28. The third kappa shape index (κ3) is 1.62. The van der Waals surface area contributed by atoms with Gasteiger partial charge in [-0.25, -0.2) is 4.98 Å². The molecule has 0 spiro atoms. The Morgan fingerprint density at radius 2 is 2.16 bits per heavy atom. The molecule has 3 nitrogen and oxygen atoms in total. The average Bonchev–Trinajstić information content (AvgIpc) is 3.07. The highest BCUT2D eigenvalue weighted by molar-refractivity contribution is 7.18. The summed E-state index contributed by atoms with van der Waals surface area (Å²) in [7, 11) is 0. The second-order valence-corrected chi connectivity index (χ2v) is 6.81. The fourth-order valence-corrected chi connectivity index (χ4v) is 4.08. The molecule has 1 heterocycles. The summed E-state index contributed by atoms with van der Waals surface area (Å²) in [5.41, 5.74) is 1.36. The van der Waals surface area contributed by atoms with E-state index in [4.69, 9.17) is 0 Å². The van der Waals surface area contributed by atoms with E-state index >= 15 is 0 Å². The first-order valence-corrected chi connectivity index (χ1v) is 7.65. The highest BCUT2D eigenvalue weighted by atomic mass is 32.1. The number of benzene rings is 1. The molecule has 4 rings (SSSR count). The zero-order chi connectivity index (χ0) is 13.0. The van der Waals surface area contributed by atoms with E-state index in [2.05, 4.69) is 11.1 Å². The SMILES string of the molecule is O=C(O)C1(c2ccc3nc(C4CC4)sc3c2)CCC1. The predicted octanol–water partition coefficient (Wildman–Crippen LogP) is 3.68. The highest BCUT2D eigenvalue weighted by Gasteiger charge is 2.46. The summed E-state index contributed by atoms with van der Waals surface area (Å²) in [6.07, 6.45) is 5.06. The fraction of sp³-hybridized carbons (Fsp3) is 0.467. The van der Waals surface area contributed by atoms with Crippen LogP contribution in [0.1, 0.15) is 48.6 Å². The molecule has 0 bridgehead atoms. The monoisotopic (exact) mass is 273 g/mol. The maximum absolute atomic E-state index is 11.6. The molecular formula is C15H15NO2S. The van der Waals surface area contributed by atoms with Crippen LogP contribution >= 0.6 is 11.3 Å². The van der Waals surface area contributed by atoms with Crippen LogP contribution in [0.15, 0.2) is 18.2 Å². The lowest BCUT2D eigenvalue weighted by molar-refractivity contribution is -0.147. The van der Waals surface area contributed by atoms with E-state index in [1.165, 1.54) is 17.8 Å². The topological polar surface area (TPSA) is 50.2 Å². The van der Waals surface area contributed by atoms with Gasteiger partial charge < -0.3 is 5.11 Å². The number of carboxylic acids is 1. The van der Waals surface area contributed by atoms with E-state index in [0.29, 0.717) is 5.92 Å². The third-order valence-corrected chi connectivity index (χ3v) is 5.68. The standard InChI is InChI=1S/C15H15NO2S/c17-14(18)15(6-1-7-15)10-4-5-11-12(8-10)19-13(16-11)9-2-3-9/h4-5,8-9H,1-3,6-7H2,(H,17,18). The number of nitrogens with zero attached hydrogens (tertiary/aromatic N) is 1. The molecule has 0 saturated heterocycles. The van der Waals surface area contributed by atoms with Crippen molar-refractivity contribution < 1.29 is 9.90 Å². The molecule has 1 aromatic carbocycles. The molecule has 98 valence electrons. The minimum atomic E-state index is -0.676. The van der Waals surface area contributed by atoms with Gasteiger partial charge in [-0.1, -0.05) is 12.5 Å². The fourth-order valence-electron chi connectivity index (χ4n) is 2.90. The first kappa shape index (κ1) is 11.4. The van der Waals surface area contributed by atoms with Crippen molar-refractivity contribution in [2.45, 2.75) is 43.4 Å². The lowest BCUT2D eigenvalue weighted by Gasteiger charge is -2.38. The Labute approximate surface area is 115 Å². The highest BCUT2D eigenvalue weighted by Crippen LogP contribution is 2.47. The number of aliphatic carboxylic acids is 1. The minimum absolute atomic E-state index is 0.627. The van der Waals surface area contributed by atoms with E-state index in [1.54, 1.807) is 11.3 Å². The van der Waals surface area contributed by atoms with Crippen LogP contribution in [-0.2, 0) is 10.2 Å². The van der Waals surface area contributed by atoms with Gasteiger partial charge in [0.15, 0.2) is 0 Å². The molecule has 2 aromatic rings. The number of hydrogen-bond acceptors (Lipinski definition) is 3. The molecule has 0 amide bonds. The summed E-state index contributed by atoms with van der Waals surface area (Å²) in [4.78, 5) is 16.2. The molecule has 19 heavy (non-hydrogen) atoms. The predicted molar refractivity (Wildman–Crippen MR) is 74.8 cm³/mol. The van der Waals surface area contributed by atoms with Gasteiger partial charge in [0.25, 0.3) is 0 Å². The maximum Gasteiger partial charge on any atom is 0.314 e. The molecule has 1 aromatic heterocycles. The zero-order valence-electron chi connectivity index (χ0n) is 10.6. The summed E-state index contributed by atoms with van der Waals surface area (Å²) >= 11 is 1.74. The van der Waals surface area contributed by atoms with Gasteiger partial charge in [-0.15, -0.1) is 11.3 Å². The molecule has 0 aliphatic heterocycles. The lowest BCUT2D eigenvalue weighted by Crippen LogP contribution is -2.42. The Bertz CT molecular complexity index is 668. The van der Waals surface area contributed by atoms with Crippen molar-refractivity contribution in [1.82, 2.24) is 4.98 Å². The van der Waals surface area contributed by atoms with E-state index in [9.17, 15) is 9.90 Å². The van der Waals surface area contributed by atoms with Gasteiger partial charge in [0.2, 0.25) is 0 Å². The summed E-state index contributed by atoms with van der Waals surface area (Å²) in [6.45, 7) is 0. The number of thiazole rings is 1. The van der Waals surface area contributed by atoms with E-state index in [1.807, 2.05) is 12.1 Å².